The Labute approximate surface area is 154 Å². The van der Waals surface area contributed by atoms with Gasteiger partial charge in [-0.15, -0.1) is 6.58 Å². The van der Waals surface area contributed by atoms with E-state index in [4.69, 9.17) is 0 Å². The summed E-state index contributed by atoms with van der Waals surface area (Å²) in [6, 6.07) is 0.269. The fraction of sp³-hybridized carbons (Fsp3) is 0.500. The third-order valence-electron chi connectivity index (χ3n) is 3.90. The van der Waals surface area contributed by atoms with E-state index in [2.05, 4.69) is 58.3 Å². The first-order valence-electron chi connectivity index (χ1n) is 9.30. The number of rotatable bonds is 12. The third kappa shape index (κ3) is 9.13. The number of nitrogens with zero attached hydrogens (tertiary/aromatic N) is 1. The topological polar surface area (TPSA) is 32.3 Å². The molecule has 3 heteroatoms. The second-order valence-electron chi connectivity index (χ2n) is 6.18. The minimum atomic E-state index is -0.0102. The summed E-state index contributed by atoms with van der Waals surface area (Å²) in [5.74, 6) is -0.0102. The van der Waals surface area contributed by atoms with E-state index in [9.17, 15) is 4.79 Å². The van der Waals surface area contributed by atoms with Crippen molar-refractivity contribution in [2.24, 2.45) is 0 Å². The molecule has 1 unspecified atom stereocenters. The van der Waals surface area contributed by atoms with Crippen LogP contribution in [0.4, 0.5) is 0 Å². The van der Waals surface area contributed by atoms with Crippen molar-refractivity contribution < 1.29 is 4.79 Å². The quantitative estimate of drug-likeness (QED) is 0.288. The second kappa shape index (κ2) is 13.3. The zero-order valence-electron chi connectivity index (χ0n) is 16.8. The highest BCUT2D eigenvalue weighted by molar-refractivity contribution is 5.94. The lowest BCUT2D eigenvalue weighted by atomic mass is 10.1. The maximum atomic E-state index is 12.7. The summed E-state index contributed by atoms with van der Waals surface area (Å²) < 4.78 is 0. The first-order valence-corrected chi connectivity index (χ1v) is 9.30. The zero-order valence-corrected chi connectivity index (χ0v) is 16.8. The molecule has 0 radical (unpaired) electrons. The number of carbonyl (C=O) groups is 1. The van der Waals surface area contributed by atoms with Gasteiger partial charge in [0.1, 0.15) is 0 Å². The molecule has 0 aromatic carbocycles. The summed E-state index contributed by atoms with van der Waals surface area (Å²) in [5, 5.41) is 3.47. The Balaban J connectivity index is 5.26. The predicted octanol–water partition coefficient (Wildman–Crippen LogP) is 5.50. The largest absolute Gasteiger partial charge is 0.382 e. The molecular weight excluding hydrogens is 308 g/mol. The van der Waals surface area contributed by atoms with Crippen molar-refractivity contribution in [2.45, 2.75) is 65.8 Å². The number of hydrogen-bond donors (Lipinski definition) is 1. The molecule has 3 nitrogen and oxygen atoms in total. The number of nitrogens with one attached hydrogen (secondary N) is 1. The second-order valence-corrected chi connectivity index (χ2v) is 6.18. The highest BCUT2D eigenvalue weighted by Gasteiger charge is 2.15. The highest BCUT2D eigenvalue weighted by Crippen LogP contribution is 2.14. The fourth-order valence-corrected chi connectivity index (χ4v) is 2.35. The summed E-state index contributed by atoms with van der Waals surface area (Å²) in [6.45, 7) is 16.2. The van der Waals surface area contributed by atoms with Gasteiger partial charge in [-0.25, -0.2) is 0 Å². The Hall–Kier alpha value is -2.03. The van der Waals surface area contributed by atoms with Crippen LogP contribution in [0.5, 0.6) is 0 Å². The molecule has 25 heavy (non-hydrogen) atoms. The summed E-state index contributed by atoms with van der Waals surface area (Å²) in [5.41, 5.74) is 2.68. The van der Waals surface area contributed by atoms with Crippen molar-refractivity contribution in [1.29, 1.82) is 0 Å². The monoisotopic (exact) mass is 344 g/mol. The van der Waals surface area contributed by atoms with Crippen molar-refractivity contribution in [3.63, 3.8) is 0 Å². The Morgan fingerprint density at radius 3 is 2.44 bits per heavy atom. The van der Waals surface area contributed by atoms with Crippen LogP contribution in [0.1, 0.15) is 59.8 Å². The normalized spacial score (nSPS) is 13.6. The first-order chi connectivity index (χ1) is 11.9. The van der Waals surface area contributed by atoms with E-state index < -0.39 is 0 Å². The molecule has 0 heterocycles. The molecule has 0 aliphatic heterocycles. The maximum Gasteiger partial charge on any atom is 0.253 e. The lowest BCUT2D eigenvalue weighted by Gasteiger charge is -2.20. The van der Waals surface area contributed by atoms with Crippen LogP contribution in [0.2, 0.25) is 0 Å². The molecule has 1 atom stereocenters. The van der Waals surface area contributed by atoms with Crippen LogP contribution >= 0.6 is 0 Å². The van der Waals surface area contributed by atoms with E-state index in [1.54, 1.807) is 18.0 Å². The molecule has 0 bridgehead atoms. The zero-order chi connectivity index (χ0) is 19.2. The van der Waals surface area contributed by atoms with Gasteiger partial charge in [-0.1, -0.05) is 58.1 Å². The average Bonchev–Trinajstić information content (AvgIpc) is 2.60. The van der Waals surface area contributed by atoms with Crippen molar-refractivity contribution >= 4 is 5.91 Å². The maximum absolute atomic E-state index is 12.7. The van der Waals surface area contributed by atoms with E-state index >= 15 is 0 Å². The van der Waals surface area contributed by atoms with Gasteiger partial charge in [-0.3, -0.25) is 4.79 Å². The van der Waals surface area contributed by atoms with Crippen LogP contribution in [0.3, 0.4) is 0 Å². The number of carbonyl (C=O) groups excluding carboxylic acids is 1. The molecule has 0 aromatic rings. The molecular formula is C22H36N2O. The van der Waals surface area contributed by atoms with Gasteiger partial charge >= 0.3 is 0 Å². The van der Waals surface area contributed by atoms with Gasteiger partial charge in [0.05, 0.1) is 0 Å². The smallest absolute Gasteiger partial charge is 0.253 e. The first kappa shape index (κ1) is 23.0. The molecule has 140 valence electrons. The molecule has 0 saturated carbocycles. The minimum Gasteiger partial charge on any atom is -0.382 e. The highest BCUT2D eigenvalue weighted by atomic mass is 16.2. The van der Waals surface area contributed by atoms with Gasteiger partial charge in [-0.05, 0) is 38.7 Å². The van der Waals surface area contributed by atoms with E-state index in [1.165, 1.54) is 0 Å². The molecule has 0 saturated heterocycles. The minimum absolute atomic E-state index is 0.0102. The average molecular weight is 345 g/mol. The van der Waals surface area contributed by atoms with Crippen LogP contribution < -0.4 is 5.32 Å². The Morgan fingerprint density at radius 1 is 1.24 bits per heavy atom. The summed E-state index contributed by atoms with van der Waals surface area (Å²) in [4.78, 5) is 14.4. The molecule has 0 aliphatic carbocycles. The number of hydrogen-bond acceptors (Lipinski definition) is 2. The number of allylic oxidation sites excluding steroid dienone is 6. The van der Waals surface area contributed by atoms with Gasteiger partial charge in [-0.2, -0.15) is 0 Å². The van der Waals surface area contributed by atoms with E-state index in [0.29, 0.717) is 6.42 Å². The van der Waals surface area contributed by atoms with Crippen LogP contribution in [0.15, 0.2) is 60.5 Å². The van der Waals surface area contributed by atoms with Crippen LogP contribution in [0, 0.1) is 0 Å². The molecule has 1 amide bonds. The van der Waals surface area contributed by atoms with Gasteiger partial charge < -0.3 is 10.2 Å². The third-order valence-corrected chi connectivity index (χ3v) is 3.90. The van der Waals surface area contributed by atoms with Crippen molar-refractivity contribution in [1.82, 2.24) is 10.2 Å². The van der Waals surface area contributed by atoms with E-state index in [1.807, 2.05) is 12.2 Å². The molecule has 0 rings (SSSR count). The summed E-state index contributed by atoms with van der Waals surface area (Å²) >= 11 is 0. The van der Waals surface area contributed by atoms with E-state index in [-0.39, 0.29) is 11.9 Å². The van der Waals surface area contributed by atoms with Gasteiger partial charge in [0.2, 0.25) is 0 Å². The van der Waals surface area contributed by atoms with Crippen LogP contribution in [0.25, 0.3) is 0 Å². The molecule has 0 aromatic heterocycles. The Morgan fingerprint density at radius 2 is 1.92 bits per heavy atom. The van der Waals surface area contributed by atoms with Gasteiger partial charge in [0.15, 0.2) is 0 Å². The fourth-order valence-electron chi connectivity index (χ4n) is 2.35. The summed E-state index contributed by atoms with van der Waals surface area (Å²) in [7, 11) is 1.79. The number of amides is 1. The van der Waals surface area contributed by atoms with Crippen LogP contribution in [-0.4, -0.2) is 23.9 Å². The lowest BCUT2D eigenvalue weighted by molar-refractivity contribution is -0.124. The van der Waals surface area contributed by atoms with Gasteiger partial charge in [0.25, 0.3) is 5.91 Å². The SMILES string of the molecule is C=CC/C(=C\C=C(/CC)NC(C)C=CCC)C(=O)N(C)C(=C)CCC. The summed E-state index contributed by atoms with van der Waals surface area (Å²) in [6.07, 6.45) is 14.2. The van der Waals surface area contributed by atoms with Gasteiger partial charge in [0, 0.05) is 30.1 Å². The standard InChI is InChI=1S/C22H36N2O/c1-8-12-15-18(5)23-21(11-4)17-16-20(14-10-3)22(25)24(7)19(6)13-9-2/h10,12,15-18,23H,3,6,8-9,11,13-14H2,1-2,4-5,7H3/b15-12?,20-16+,21-17+. The van der Waals surface area contributed by atoms with Crippen molar-refractivity contribution in [3.8, 4) is 0 Å². The van der Waals surface area contributed by atoms with Crippen molar-refractivity contribution in [3.05, 3.63) is 60.5 Å². The molecule has 0 fully saturated rings. The van der Waals surface area contributed by atoms with Crippen molar-refractivity contribution in [2.75, 3.05) is 7.05 Å². The molecule has 1 N–H and O–H groups in total. The number of likely N-dealkylation sites (N-methyl/N-ethyl adjacent to an activating group) is 1. The molecule has 0 aliphatic rings. The van der Waals surface area contributed by atoms with E-state index in [0.717, 1.165) is 42.7 Å². The Kier molecular flexibility index (Phi) is 12.2. The molecule has 0 spiro atoms. The Bertz CT molecular complexity index is 526. The predicted molar refractivity (Wildman–Crippen MR) is 110 cm³/mol. The van der Waals surface area contributed by atoms with Crippen LogP contribution in [-0.2, 0) is 4.79 Å². The lowest BCUT2D eigenvalue weighted by Crippen LogP contribution is -2.27.